The normalized spacial score (nSPS) is 13.3. The van der Waals surface area contributed by atoms with Crippen LogP contribution < -0.4 is 0 Å². The molecule has 2 atom stereocenters. The van der Waals surface area contributed by atoms with E-state index in [-0.39, 0.29) is 36.2 Å². The van der Waals surface area contributed by atoms with E-state index < -0.39 is 18.1 Å². The SMILES string of the molecule is CCCCC/C=C/C=C/CCCCCCCCC(=O)OCC(COCCC(C(=O)O)[N+](C)(C)C)OC(=O)CCCCCCCCC. The molecule has 0 aliphatic rings. The first-order chi connectivity index (χ1) is 22.1. The first-order valence-corrected chi connectivity index (χ1v) is 18.4. The predicted molar refractivity (Wildman–Crippen MR) is 188 cm³/mol. The largest absolute Gasteiger partial charge is 0.477 e. The van der Waals surface area contributed by atoms with Gasteiger partial charge in [-0.25, -0.2) is 4.79 Å². The number of rotatable bonds is 32. The van der Waals surface area contributed by atoms with E-state index in [1.54, 1.807) is 0 Å². The lowest BCUT2D eigenvalue weighted by molar-refractivity contribution is -0.887. The zero-order valence-electron chi connectivity index (χ0n) is 30.3. The average molecular weight is 653 g/mol. The summed E-state index contributed by atoms with van der Waals surface area (Å²) in [5.41, 5.74) is 0. The summed E-state index contributed by atoms with van der Waals surface area (Å²) >= 11 is 0. The molecule has 0 rings (SSSR count). The number of carboxylic acid groups (broad SMARTS) is 1. The second kappa shape index (κ2) is 30.2. The van der Waals surface area contributed by atoms with Crippen LogP contribution in [0.3, 0.4) is 0 Å². The average Bonchev–Trinajstić information content (AvgIpc) is 3.00. The number of likely N-dealkylation sites (N-methyl/N-ethyl adjacent to an activating group) is 1. The molecule has 8 heteroatoms. The molecule has 0 aromatic heterocycles. The van der Waals surface area contributed by atoms with Crippen molar-refractivity contribution in [2.45, 2.75) is 161 Å². The molecule has 0 aromatic carbocycles. The summed E-state index contributed by atoms with van der Waals surface area (Å²) in [4.78, 5) is 36.6. The zero-order chi connectivity index (χ0) is 34.3. The van der Waals surface area contributed by atoms with Gasteiger partial charge in [-0.3, -0.25) is 9.59 Å². The Morgan fingerprint density at radius 3 is 1.67 bits per heavy atom. The fraction of sp³-hybridized carbons (Fsp3) is 0.816. The predicted octanol–water partition coefficient (Wildman–Crippen LogP) is 8.96. The van der Waals surface area contributed by atoms with Gasteiger partial charge in [0.15, 0.2) is 12.1 Å². The minimum atomic E-state index is -0.878. The molecule has 8 nitrogen and oxygen atoms in total. The quantitative estimate of drug-likeness (QED) is 0.0335. The Morgan fingerprint density at radius 1 is 0.652 bits per heavy atom. The standard InChI is InChI=1S/C38H69NO7/c1-6-8-10-12-14-15-16-17-18-19-20-21-23-24-26-28-36(40)45-33-34(32-44-31-30-35(38(42)43)39(3,4)5)46-37(41)29-27-25-22-13-11-9-7-2/h14-17,34-35H,6-13,18-33H2,1-5H3/p+1/b15-14+,17-16+. The molecule has 46 heavy (non-hydrogen) atoms. The highest BCUT2D eigenvalue weighted by atomic mass is 16.6. The Hall–Kier alpha value is -2.19. The molecule has 0 aromatic rings. The number of quaternary nitrogens is 1. The van der Waals surface area contributed by atoms with Gasteiger partial charge >= 0.3 is 17.9 Å². The summed E-state index contributed by atoms with van der Waals surface area (Å²) in [5, 5.41) is 9.55. The van der Waals surface area contributed by atoms with Gasteiger partial charge in [0, 0.05) is 19.3 Å². The molecule has 0 aliphatic heterocycles. The van der Waals surface area contributed by atoms with E-state index >= 15 is 0 Å². The van der Waals surface area contributed by atoms with Crippen molar-refractivity contribution in [3.8, 4) is 0 Å². The number of unbranched alkanes of at least 4 members (excludes halogenated alkanes) is 15. The van der Waals surface area contributed by atoms with Crippen LogP contribution >= 0.6 is 0 Å². The number of carbonyl (C=O) groups is 3. The van der Waals surface area contributed by atoms with Gasteiger partial charge in [-0.2, -0.15) is 0 Å². The summed E-state index contributed by atoms with van der Waals surface area (Å²) in [6.07, 6.45) is 29.4. The smallest absolute Gasteiger partial charge is 0.362 e. The third-order valence-corrected chi connectivity index (χ3v) is 8.13. The van der Waals surface area contributed by atoms with Gasteiger partial charge in [0.25, 0.3) is 0 Å². The van der Waals surface area contributed by atoms with Crippen LogP contribution in [0.5, 0.6) is 0 Å². The third-order valence-electron chi connectivity index (χ3n) is 8.13. The Morgan fingerprint density at radius 2 is 1.13 bits per heavy atom. The van der Waals surface area contributed by atoms with Crippen molar-refractivity contribution in [2.24, 2.45) is 0 Å². The highest BCUT2D eigenvalue weighted by Crippen LogP contribution is 2.13. The summed E-state index contributed by atoms with van der Waals surface area (Å²) in [6, 6.07) is -0.611. The summed E-state index contributed by atoms with van der Waals surface area (Å²) in [6.45, 7) is 4.63. The number of carbonyl (C=O) groups excluding carboxylic acids is 2. The number of esters is 2. The number of allylic oxidation sites excluding steroid dienone is 4. The Labute approximate surface area is 281 Å². The molecule has 0 amide bonds. The van der Waals surface area contributed by atoms with Crippen LogP contribution in [-0.4, -0.2) is 80.6 Å². The molecule has 0 saturated heterocycles. The molecule has 0 fully saturated rings. The summed E-state index contributed by atoms with van der Waals surface area (Å²) in [7, 11) is 5.50. The Bertz CT molecular complexity index is 818. The number of aliphatic carboxylic acids is 1. The lowest BCUT2D eigenvalue weighted by atomic mass is 10.1. The van der Waals surface area contributed by atoms with E-state index in [1.807, 2.05) is 21.1 Å². The van der Waals surface area contributed by atoms with Gasteiger partial charge < -0.3 is 23.8 Å². The second-order valence-corrected chi connectivity index (χ2v) is 13.5. The van der Waals surface area contributed by atoms with Crippen molar-refractivity contribution in [1.29, 1.82) is 0 Å². The van der Waals surface area contributed by atoms with Crippen molar-refractivity contribution in [3.05, 3.63) is 24.3 Å². The van der Waals surface area contributed by atoms with Crippen LogP contribution in [0.25, 0.3) is 0 Å². The lowest BCUT2D eigenvalue weighted by Crippen LogP contribution is -2.50. The van der Waals surface area contributed by atoms with Crippen molar-refractivity contribution >= 4 is 17.9 Å². The molecule has 0 bridgehead atoms. The lowest BCUT2D eigenvalue weighted by Gasteiger charge is -2.31. The van der Waals surface area contributed by atoms with Crippen molar-refractivity contribution in [1.82, 2.24) is 0 Å². The van der Waals surface area contributed by atoms with Gasteiger partial charge in [-0.15, -0.1) is 0 Å². The molecule has 0 saturated carbocycles. The molecule has 268 valence electrons. The van der Waals surface area contributed by atoms with E-state index in [0.717, 1.165) is 44.9 Å². The minimum absolute atomic E-state index is 0.0548. The number of ether oxygens (including phenoxy) is 3. The monoisotopic (exact) mass is 653 g/mol. The maximum atomic E-state index is 12.5. The third kappa shape index (κ3) is 28.1. The molecule has 0 radical (unpaired) electrons. The van der Waals surface area contributed by atoms with E-state index in [1.165, 1.54) is 70.6 Å². The number of carboxylic acids is 1. The van der Waals surface area contributed by atoms with Crippen molar-refractivity contribution < 1.29 is 38.2 Å². The molecular formula is C38H70NO7+. The Kier molecular flexibility index (Phi) is 28.7. The van der Waals surface area contributed by atoms with Crippen molar-refractivity contribution in [3.63, 3.8) is 0 Å². The molecular weight excluding hydrogens is 582 g/mol. The topological polar surface area (TPSA) is 99.1 Å². The fourth-order valence-electron chi connectivity index (χ4n) is 5.20. The number of hydrogen-bond donors (Lipinski definition) is 1. The molecule has 1 N–H and O–H groups in total. The summed E-state index contributed by atoms with van der Waals surface area (Å²) in [5.74, 6) is -1.49. The summed E-state index contributed by atoms with van der Waals surface area (Å²) < 4.78 is 17.1. The van der Waals surface area contributed by atoms with Crippen LogP contribution in [0, 0.1) is 0 Å². The highest BCUT2D eigenvalue weighted by Gasteiger charge is 2.31. The van der Waals surface area contributed by atoms with Crippen molar-refractivity contribution in [2.75, 3.05) is 41.0 Å². The fourth-order valence-corrected chi connectivity index (χ4v) is 5.20. The number of nitrogens with zero attached hydrogens (tertiary/aromatic N) is 1. The zero-order valence-corrected chi connectivity index (χ0v) is 30.3. The van der Waals surface area contributed by atoms with E-state index in [0.29, 0.717) is 19.3 Å². The molecule has 0 spiro atoms. The van der Waals surface area contributed by atoms with Crippen LogP contribution in [0.1, 0.15) is 149 Å². The molecule has 2 unspecified atom stereocenters. The first-order valence-electron chi connectivity index (χ1n) is 18.4. The second-order valence-electron chi connectivity index (χ2n) is 13.5. The van der Waals surface area contributed by atoms with Gasteiger partial charge in [-0.1, -0.05) is 115 Å². The van der Waals surface area contributed by atoms with Crippen LogP contribution in [-0.2, 0) is 28.6 Å². The van der Waals surface area contributed by atoms with E-state index in [9.17, 15) is 19.5 Å². The van der Waals surface area contributed by atoms with Crippen LogP contribution in [0.4, 0.5) is 0 Å². The maximum absolute atomic E-state index is 12.5. The van der Waals surface area contributed by atoms with E-state index in [2.05, 4.69) is 38.2 Å². The van der Waals surface area contributed by atoms with Crippen LogP contribution in [0.15, 0.2) is 24.3 Å². The maximum Gasteiger partial charge on any atom is 0.362 e. The van der Waals surface area contributed by atoms with Gasteiger partial charge in [0.2, 0.25) is 0 Å². The van der Waals surface area contributed by atoms with Gasteiger partial charge in [0.05, 0.1) is 34.4 Å². The van der Waals surface area contributed by atoms with Gasteiger partial charge in [0.1, 0.15) is 6.61 Å². The minimum Gasteiger partial charge on any atom is -0.477 e. The highest BCUT2D eigenvalue weighted by molar-refractivity contribution is 5.72. The molecule has 0 aliphatic carbocycles. The first kappa shape index (κ1) is 43.8. The Balaban J connectivity index is 4.37. The van der Waals surface area contributed by atoms with Gasteiger partial charge in [-0.05, 0) is 38.5 Å². The number of hydrogen-bond acceptors (Lipinski definition) is 6. The molecule has 0 heterocycles. The van der Waals surface area contributed by atoms with Crippen LogP contribution in [0.2, 0.25) is 0 Å². The van der Waals surface area contributed by atoms with E-state index in [4.69, 9.17) is 14.2 Å².